The SMILES string of the molecule is Cc1cc(S(C)(=O)=O)cc(C(=O)N2CCC(C)CC2C(=O)O)c1C. The Labute approximate surface area is 142 Å². The first-order chi connectivity index (χ1) is 11.0. The van der Waals surface area contributed by atoms with Gasteiger partial charge >= 0.3 is 5.97 Å². The molecule has 2 rings (SSSR count). The first kappa shape index (κ1) is 18.4. The maximum absolute atomic E-state index is 12.9. The van der Waals surface area contributed by atoms with Crippen LogP contribution in [0.4, 0.5) is 0 Å². The summed E-state index contributed by atoms with van der Waals surface area (Å²) in [5.41, 5.74) is 1.63. The summed E-state index contributed by atoms with van der Waals surface area (Å²) in [4.78, 5) is 25.9. The molecule has 0 aromatic heterocycles. The molecule has 1 N–H and O–H groups in total. The van der Waals surface area contributed by atoms with Crippen molar-refractivity contribution >= 4 is 21.7 Å². The van der Waals surface area contributed by atoms with E-state index in [1.165, 1.54) is 17.0 Å². The zero-order valence-corrected chi connectivity index (χ0v) is 15.2. The standard InChI is InChI=1S/C17H23NO5S/c1-10-5-6-18(15(7-10)17(20)21)16(19)14-9-13(24(4,22)23)8-11(2)12(14)3/h8-10,15H,5-7H2,1-4H3,(H,20,21). The fourth-order valence-electron chi connectivity index (χ4n) is 3.04. The number of nitrogens with zero attached hydrogens (tertiary/aromatic N) is 1. The van der Waals surface area contributed by atoms with E-state index in [2.05, 4.69) is 0 Å². The number of benzene rings is 1. The Morgan fingerprint density at radius 2 is 1.88 bits per heavy atom. The average Bonchev–Trinajstić information content (AvgIpc) is 2.48. The Kier molecular flexibility index (Phi) is 5.03. The van der Waals surface area contributed by atoms with Crippen LogP contribution in [0.25, 0.3) is 0 Å². The van der Waals surface area contributed by atoms with Gasteiger partial charge in [-0.1, -0.05) is 6.92 Å². The van der Waals surface area contributed by atoms with E-state index in [9.17, 15) is 23.1 Å². The van der Waals surface area contributed by atoms with E-state index in [0.717, 1.165) is 12.7 Å². The quantitative estimate of drug-likeness (QED) is 0.898. The molecule has 6 nitrogen and oxygen atoms in total. The van der Waals surface area contributed by atoms with E-state index in [1.54, 1.807) is 13.8 Å². The van der Waals surface area contributed by atoms with Gasteiger partial charge in [0.2, 0.25) is 0 Å². The Morgan fingerprint density at radius 1 is 1.25 bits per heavy atom. The van der Waals surface area contributed by atoms with Crippen molar-refractivity contribution in [3.63, 3.8) is 0 Å². The smallest absolute Gasteiger partial charge is 0.326 e. The lowest BCUT2D eigenvalue weighted by molar-refractivity contribution is -0.144. The van der Waals surface area contributed by atoms with E-state index >= 15 is 0 Å². The molecule has 0 saturated carbocycles. The number of hydrogen-bond acceptors (Lipinski definition) is 4. The Hall–Kier alpha value is -1.89. The molecular formula is C17H23NO5S. The maximum Gasteiger partial charge on any atom is 0.326 e. The predicted octanol–water partition coefficient (Wildman–Crippen LogP) is 2.03. The number of carbonyl (C=O) groups excluding carboxylic acids is 1. The first-order valence-corrected chi connectivity index (χ1v) is 9.76. The van der Waals surface area contributed by atoms with Crippen LogP contribution >= 0.6 is 0 Å². The monoisotopic (exact) mass is 353 g/mol. The molecule has 1 fully saturated rings. The fourth-order valence-corrected chi connectivity index (χ4v) is 3.76. The molecule has 1 heterocycles. The molecule has 0 bridgehead atoms. The van der Waals surface area contributed by atoms with Gasteiger partial charge in [-0.25, -0.2) is 13.2 Å². The minimum atomic E-state index is -3.45. The second-order valence-electron chi connectivity index (χ2n) is 6.67. The Morgan fingerprint density at radius 3 is 2.42 bits per heavy atom. The molecule has 7 heteroatoms. The summed E-state index contributed by atoms with van der Waals surface area (Å²) in [5, 5.41) is 9.44. The number of rotatable bonds is 3. The van der Waals surface area contributed by atoms with Crippen LogP contribution in [0.15, 0.2) is 17.0 Å². The van der Waals surface area contributed by atoms with E-state index in [-0.39, 0.29) is 16.4 Å². The van der Waals surface area contributed by atoms with Gasteiger partial charge in [0.15, 0.2) is 9.84 Å². The largest absolute Gasteiger partial charge is 0.480 e. The third-order valence-corrected chi connectivity index (χ3v) is 5.80. The predicted molar refractivity (Wildman–Crippen MR) is 89.9 cm³/mol. The summed E-state index contributed by atoms with van der Waals surface area (Å²) in [6, 6.07) is 2.02. The number of aliphatic carboxylic acids is 1. The lowest BCUT2D eigenvalue weighted by atomic mass is 9.91. The van der Waals surface area contributed by atoms with Gasteiger partial charge in [0.25, 0.3) is 5.91 Å². The number of amides is 1. The minimum absolute atomic E-state index is 0.0752. The number of carbonyl (C=O) groups is 2. The summed E-state index contributed by atoms with van der Waals surface area (Å²) < 4.78 is 23.7. The number of likely N-dealkylation sites (tertiary alicyclic amines) is 1. The second-order valence-corrected chi connectivity index (χ2v) is 8.68. The first-order valence-electron chi connectivity index (χ1n) is 7.87. The molecular weight excluding hydrogens is 330 g/mol. The van der Waals surface area contributed by atoms with Crippen molar-refractivity contribution in [2.75, 3.05) is 12.8 Å². The molecule has 1 saturated heterocycles. The van der Waals surface area contributed by atoms with Crippen LogP contribution in [0, 0.1) is 19.8 Å². The maximum atomic E-state index is 12.9. The highest BCUT2D eigenvalue weighted by Gasteiger charge is 2.36. The summed E-state index contributed by atoms with van der Waals surface area (Å²) >= 11 is 0. The average molecular weight is 353 g/mol. The number of carboxylic acids is 1. The molecule has 132 valence electrons. The fraction of sp³-hybridized carbons (Fsp3) is 0.529. The van der Waals surface area contributed by atoms with Gasteiger partial charge < -0.3 is 10.0 Å². The van der Waals surface area contributed by atoms with Gasteiger partial charge in [0.1, 0.15) is 6.04 Å². The molecule has 1 amide bonds. The van der Waals surface area contributed by atoms with Crippen molar-refractivity contribution in [3.8, 4) is 0 Å². The van der Waals surface area contributed by atoms with Crippen molar-refractivity contribution in [1.82, 2.24) is 4.90 Å². The molecule has 1 aromatic carbocycles. The summed E-state index contributed by atoms with van der Waals surface area (Å²) in [7, 11) is -3.45. The molecule has 1 aliphatic rings. The summed E-state index contributed by atoms with van der Waals surface area (Å²) in [5.74, 6) is -1.20. The van der Waals surface area contributed by atoms with Gasteiger partial charge in [-0.15, -0.1) is 0 Å². The topological polar surface area (TPSA) is 91.8 Å². The number of sulfone groups is 1. The van der Waals surface area contributed by atoms with Gasteiger partial charge in [0, 0.05) is 18.4 Å². The van der Waals surface area contributed by atoms with Gasteiger partial charge in [-0.2, -0.15) is 0 Å². The number of carboxylic acid groups (broad SMARTS) is 1. The molecule has 0 aliphatic carbocycles. The molecule has 2 unspecified atom stereocenters. The normalized spacial score (nSPS) is 21.6. The van der Waals surface area contributed by atoms with Crippen LogP contribution < -0.4 is 0 Å². The number of hydrogen-bond donors (Lipinski definition) is 1. The van der Waals surface area contributed by atoms with Gasteiger partial charge in [0.05, 0.1) is 4.90 Å². The molecule has 1 aliphatic heterocycles. The Balaban J connectivity index is 2.49. The van der Waals surface area contributed by atoms with Crippen LogP contribution in [0.2, 0.25) is 0 Å². The highest BCUT2D eigenvalue weighted by atomic mass is 32.2. The molecule has 24 heavy (non-hydrogen) atoms. The summed E-state index contributed by atoms with van der Waals surface area (Å²) in [6.45, 7) is 5.82. The highest BCUT2D eigenvalue weighted by Crippen LogP contribution is 2.27. The van der Waals surface area contributed by atoms with E-state index in [4.69, 9.17) is 0 Å². The van der Waals surface area contributed by atoms with Crippen molar-refractivity contribution < 1.29 is 23.1 Å². The van der Waals surface area contributed by atoms with E-state index in [1.807, 2.05) is 6.92 Å². The molecule has 0 spiro atoms. The van der Waals surface area contributed by atoms with Crippen LogP contribution in [-0.4, -0.2) is 49.1 Å². The van der Waals surface area contributed by atoms with Crippen molar-refractivity contribution in [3.05, 3.63) is 28.8 Å². The van der Waals surface area contributed by atoms with Crippen LogP contribution in [0.1, 0.15) is 41.3 Å². The summed E-state index contributed by atoms with van der Waals surface area (Å²) in [6.07, 6.45) is 2.23. The lowest BCUT2D eigenvalue weighted by Gasteiger charge is -2.36. The second kappa shape index (κ2) is 6.55. The van der Waals surface area contributed by atoms with Crippen LogP contribution in [0.3, 0.4) is 0 Å². The lowest BCUT2D eigenvalue weighted by Crippen LogP contribution is -2.50. The van der Waals surface area contributed by atoms with Crippen molar-refractivity contribution in [1.29, 1.82) is 0 Å². The number of piperidine rings is 1. The highest BCUT2D eigenvalue weighted by molar-refractivity contribution is 7.90. The van der Waals surface area contributed by atoms with Gasteiger partial charge in [-0.3, -0.25) is 4.79 Å². The molecule has 0 radical (unpaired) electrons. The third-order valence-electron chi connectivity index (χ3n) is 4.71. The van der Waals surface area contributed by atoms with Crippen molar-refractivity contribution in [2.45, 2.75) is 44.6 Å². The Bertz CT molecular complexity index is 784. The third kappa shape index (κ3) is 3.61. The van der Waals surface area contributed by atoms with Crippen molar-refractivity contribution in [2.24, 2.45) is 5.92 Å². The van der Waals surface area contributed by atoms with Crippen LogP contribution in [0.5, 0.6) is 0 Å². The van der Waals surface area contributed by atoms with Crippen LogP contribution in [-0.2, 0) is 14.6 Å². The van der Waals surface area contributed by atoms with Gasteiger partial charge in [-0.05, 0) is 55.9 Å². The van der Waals surface area contributed by atoms with E-state index in [0.29, 0.717) is 24.1 Å². The number of aryl methyl sites for hydroxylation is 1. The molecule has 1 aromatic rings. The molecule has 2 atom stereocenters. The minimum Gasteiger partial charge on any atom is -0.480 e. The van der Waals surface area contributed by atoms with E-state index < -0.39 is 27.8 Å². The zero-order chi connectivity index (χ0) is 18.2. The zero-order valence-electron chi connectivity index (χ0n) is 14.4.